The topological polar surface area (TPSA) is 59.0 Å². The van der Waals surface area contributed by atoms with Crippen LogP contribution in [0.25, 0.3) is 0 Å². The fourth-order valence-corrected chi connectivity index (χ4v) is 1.74. The molecule has 0 aliphatic rings. The highest BCUT2D eigenvalue weighted by Crippen LogP contribution is 2.06. The van der Waals surface area contributed by atoms with Gasteiger partial charge in [-0.25, -0.2) is 4.79 Å². The lowest BCUT2D eigenvalue weighted by Gasteiger charge is -2.07. The third kappa shape index (κ3) is 4.42. The number of amides is 2. The molecule has 5 nitrogen and oxygen atoms in total. The van der Waals surface area contributed by atoms with Crippen LogP contribution in [0.3, 0.4) is 0 Å². The standard InChI is InChI=1S/C15H20N4O/c1-12(2)10-16-15(20)17-14-8-9-19(18-14)11-13-6-4-3-5-7-13/h3-9,12H,10-11H2,1-2H3,(H2,16,17,18,20). The van der Waals surface area contributed by atoms with Gasteiger partial charge in [-0.2, -0.15) is 5.10 Å². The molecule has 0 fully saturated rings. The van der Waals surface area contributed by atoms with Gasteiger partial charge in [-0.1, -0.05) is 44.2 Å². The lowest BCUT2D eigenvalue weighted by Crippen LogP contribution is -2.31. The number of aromatic nitrogens is 2. The van der Waals surface area contributed by atoms with Crippen LogP contribution in [0.4, 0.5) is 10.6 Å². The Morgan fingerprint density at radius 2 is 2.00 bits per heavy atom. The molecule has 0 atom stereocenters. The van der Waals surface area contributed by atoms with E-state index in [9.17, 15) is 4.79 Å². The average Bonchev–Trinajstić information content (AvgIpc) is 2.85. The van der Waals surface area contributed by atoms with E-state index in [-0.39, 0.29) is 6.03 Å². The largest absolute Gasteiger partial charge is 0.338 e. The third-order valence-corrected chi connectivity index (χ3v) is 2.74. The van der Waals surface area contributed by atoms with Crippen molar-refractivity contribution in [2.45, 2.75) is 20.4 Å². The summed E-state index contributed by atoms with van der Waals surface area (Å²) in [4.78, 5) is 11.6. The first-order valence-corrected chi connectivity index (χ1v) is 6.75. The van der Waals surface area contributed by atoms with Gasteiger partial charge in [-0.15, -0.1) is 0 Å². The van der Waals surface area contributed by atoms with E-state index in [2.05, 4.69) is 29.6 Å². The fourth-order valence-electron chi connectivity index (χ4n) is 1.74. The van der Waals surface area contributed by atoms with Crippen LogP contribution in [-0.4, -0.2) is 22.4 Å². The van der Waals surface area contributed by atoms with Gasteiger partial charge in [0, 0.05) is 18.8 Å². The minimum atomic E-state index is -0.219. The summed E-state index contributed by atoms with van der Waals surface area (Å²) < 4.78 is 1.80. The average molecular weight is 272 g/mol. The number of hydrogen-bond donors (Lipinski definition) is 2. The van der Waals surface area contributed by atoms with E-state index in [1.807, 2.05) is 36.5 Å². The van der Waals surface area contributed by atoms with Crippen LogP contribution < -0.4 is 10.6 Å². The van der Waals surface area contributed by atoms with Crippen LogP contribution in [0.5, 0.6) is 0 Å². The van der Waals surface area contributed by atoms with Crippen LogP contribution in [0, 0.1) is 5.92 Å². The molecule has 0 bridgehead atoms. The second-order valence-corrected chi connectivity index (χ2v) is 5.11. The molecule has 2 N–H and O–H groups in total. The summed E-state index contributed by atoms with van der Waals surface area (Å²) in [7, 11) is 0. The van der Waals surface area contributed by atoms with Gasteiger partial charge in [0.05, 0.1) is 6.54 Å². The minimum Gasteiger partial charge on any atom is -0.338 e. The molecule has 0 saturated heterocycles. The number of anilines is 1. The highest BCUT2D eigenvalue weighted by molar-refractivity contribution is 5.88. The van der Waals surface area contributed by atoms with Crippen molar-refractivity contribution in [3.63, 3.8) is 0 Å². The van der Waals surface area contributed by atoms with Gasteiger partial charge in [-0.3, -0.25) is 10.00 Å². The maximum Gasteiger partial charge on any atom is 0.320 e. The predicted octanol–water partition coefficient (Wildman–Crippen LogP) is 2.71. The number of rotatable bonds is 5. The SMILES string of the molecule is CC(C)CNC(=O)Nc1ccn(Cc2ccccc2)n1. The van der Waals surface area contributed by atoms with E-state index >= 15 is 0 Å². The number of carbonyl (C=O) groups excluding carboxylic acids is 1. The van der Waals surface area contributed by atoms with Gasteiger partial charge >= 0.3 is 6.03 Å². The zero-order valence-electron chi connectivity index (χ0n) is 11.8. The van der Waals surface area contributed by atoms with E-state index in [1.165, 1.54) is 5.56 Å². The molecule has 0 aliphatic heterocycles. The van der Waals surface area contributed by atoms with Crippen LogP contribution >= 0.6 is 0 Å². The highest BCUT2D eigenvalue weighted by Gasteiger charge is 2.05. The normalized spacial score (nSPS) is 10.6. The lowest BCUT2D eigenvalue weighted by molar-refractivity contribution is 0.251. The number of hydrogen-bond acceptors (Lipinski definition) is 2. The molecule has 0 unspecified atom stereocenters. The quantitative estimate of drug-likeness (QED) is 0.879. The maximum absolute atomic E-state index is 11.6. The predicted molar refractivity (Wildman–Crippen MR) is 79.6 cm³/mol. The molecule has 2 aromatic rings. The highest BCUT2D eigenvalue weighted by atomic mass is 16.2. The van der Waals surface area contributed by atoms with Gasteiger partial charge in [-0.05, 0) is 11.5 Å². The van der Waals surface area contributed by atoms with Gasteiger partial charge in [0.2, 0.25) is 0 Å². The minimum absolute atomic E-state index is 0.219. The molecule has 1 aromatic carbocycles. The van der Waals surface area contributed by atoms with Gasteiger partial charge < -0.3 is 5.32 Å². The van der Waals surface area contributed by atoms with Crippen molar-refractivity contribution in [3.05, 3.63) is 48.2 Å². The molecule has 2 rings (SSSR count). The molecule has 1 aromatic heterocycles. The first-order valence-electron chi connectivity index (χ1n) is 6.75. The van der Waals surface area contributed by atoms with Crippen LogP contribution in [-0.2, 0) is 6.54 Å². The van der Waals surface area contributed by atoms with Gasteiger partial charge in [0.1, 0.15) is 0 Å². The molecule has 5 heteroatoms. The fraction of sp³-hybridized carbons (Fsp3) is 0.333. The Labute approximate surface area is 119 Å². The van der Waals surface area contributed by atoms with Gasteiger partial charge in [0.15, 0.2) is 5.82 Å². The number of nitrogens with one attached hydrogen (secondary N) is 2. The monoisotopic (exact) mass is 272 g/mol. The summed E-state index contributed by atoms with van der Waals surface area (Å²) in [6.07, 6.45) is 1.85. The molecule has 0 spiro atoms. The zero-order valence-corrected chi connectivity index (χ0v) is 11.8. The molecule has 106 valence electrons. The summed E-state index contributed by atoms with van der Waals surface area (Å²) in [5.74, 6) is 0.985. The Bertz CT molecular complexity index is 548. The van der Waals surface area contributed by atoms with E-state index in [0.29, 0.717) is 24.8 Å². The molecule has 2 amide bonds. The zero-order chi connectivity index (χ0) is 14.4. The van der Waals surface area contributed by atoms with Crippen molar-refractivity contribution in [2.24, 2.45) is 5.92 Å². The number of benzene rings is 1. The Morgan fingerprint density at radius 3 is 2.70 bits per heavy atom. The summed E-state index contributed by atoms with van der Waals surface area (Å²) in [5, 5.41) is 9.83. The Balaban J connectivity index is 1.87. The number of carbonyl (C=O) groups is 1. The lowest BCUT2D eigenvalue weighted by atomic mass is 10.2. The first-order chi connectivity index (χ1) is 9.63. The van der Waals surface area contributed by atoms with Crippen molar-refractivity contribution in [1.29, 1.82) is 0 Å². The third-order valence-electron chi connectivity index (χ3n) is 2.74. The molecule has 0 radical (unpaired) electrons. The molecule has 0 saturated carbocycles. The van der Waals surface area contributed by atoms with Crippen LogP contribution in [0.15, 0.2) is 42.6 Å². The van der Waals surface area contributed by atoms with E-state index in [1.54, 1.807) is 10.7 Å². The van der Waals surface area contributed by atoms with Crippen molar-refractivity contribution in [1.82, 2.24) is 15.1 Å². The van der Waals surface area contributed by atoms with Crippen LogP contribution in [0.2, 0.25) is 0 Å². The van der Waals surface area contributed by atoms with E-state index < -0.39 is 0 Å². The Hall–Kier alpha value is -2.30. The second-order valence-electron chi connectivity index (χ2n) is 5.11. The molecule has 0 aliphatic carbocycles. The summed E-state index contributed by atoms with van der Waals surface area (Å²) in [5.41, 5.74) is 1.17. The van der Waals surface area contributed by atoms with E-state index in [4.69, 9.17) is 0 Å². The molecular weight excluding hydrogens is 252 g/mol. The van der Waals surface area contributed by atoms with Crippen molar-refractivity contribution in [2.75, 3.05) is 11.9 Å². The summed E-state index contributed by atoms with van der Waals surface area (Å²) >= 11 is 0. The van der Waals surface area contributed by atoms with Crippen molar-refractivity contribution >= 4 is 11.8 Å². The van der Waals surface area contributed by atoms with Gasteiger partial charge in [0.25, 0.3) is 0 Å². The Kier molecular flexibility index (Phi) is 4.76. The Morgan fingerprint density at radius 1 is 1.25 bits per heavy atom. The number of nitrogens with zero attached hydrogens (tertiary/aromatic N) is 2. The van der Waals surface area contributed by atoms with Crippen molar-refractivity contribution < 1.29 is 4.79 Å². The maximum atomic E-state index is 11.6. The molecular formula is C15H20N4O. The smallest absolute Gasteiger partial charge is 0.320 e. The van der Waals surface area contributed by atoms with Crippen LogP contribution in [0.1, 0.15) is 19.4 Å². The second kappa shape index (κ2) is 6.75. The summed E-state index contributed by atoms with van der Waals surface area (Å²) in [6, 6.07) is 11.6. The van der Waals surface area contributed by atoms with Crippen molar-refractivity contribution in [3.8, 4) is 0 Å². The number of urea groups is 1. The first kappa shape index (κ1) is 14.1. The summed E-state index contributed by atoms with van der Waals surface area (Å²) in [6.45, 7) is 5.44. The molecule has 20 heavy (non-hydrogen) atoms. The molecule has 1 heterocycles. The van der Waals surface area contributed by atoms with E-state index in [0.717, 1.165) is 0 Å².